The first-order chi connectivity index (χ1) is 3.00. The van der Waals surface area contributed by atoms with E-state index >= 15 is 0 Å². The summed E-state index contributed by atoms with van der Waals surface area (Å²) in [5, 5.41) is 0. The number of hydrogen-bond acceptors (Lipinski definition) is 0. The molecule has 0 fully saturated rings. The summed E-state index contributed by atoms with van der Waals surface area (Å²) in [5.74, 6) is 0. The largest absolute Gasteiger partial charge is 0.0776 e. The zero-order valence-electron chi connectivity index (χ0n) is 3.89. The van der Waals surface area contributed by atoms with Crippen LogP contribution in [0.4, 0.5) is 0 Å². The molecule has 0 bridgehead atoms. The Morgan fingerprint density at radius 1 is 0.889 bits per heavy atom. The fourth-order valence-electron chi connectivity index (χ4n) is 0.342. The maximum atomic E-state index is 2.89. The molecule has 0 amide bonds. The van der Waals surface area contributed by atoms with Crippen molar-refractivity contribution in [2.24, 2.45) is 0 Å². The van der Waals surface area contributed by atoms with Crippen molar-refractivity contribution in [1.82, 2.24) is 0 Å². The summed E-state index contributed by atoms with van der Waals surface area (Å²) in [6.45, 7) is 0. The molecule has 0 aliphatic carbocycles. The van der Waals surface area contributed by atoms with Crippen molar-refractivity contribution in [2.75, 3.05) is 0 Å². The minimum Gasteiger partial charge on any atom is -0.0776 e. The van der Waals surface area contributed by atoms with Gasteiger partial charge in [-0.25, -0.2) is 0 Å². The van der Waals surface area contributed by atoms with Gasteiger partial charge in [-0.2, -0.15) is 0 Å². The third-order valence-corrected chi connectivity index (χ3v) is 0.607. The first-order valence-electron chi connectivity index (χ1n) is 1.91. The van der Waals surface area contributed by atoms with Crippen molar-refractivity contribution in [3.05, 3.63) is 36.4 Å². The monoisotopic (exact) mass is 231 g/mol. The second kappa shape index (κ2) is 10.9. The summed E-state index contributed by atoms with van der Waals surface area (Å²) in [7, 11) is 0. The average Bonchev–Trinajstić information content (AvgIpc) is 1.72. The van der Waals surface area contributed by atoms with Crippen molar-refractivity contribution in [2.45, 2.75) is 14.9 Å². The first-order valence-corrected chi connectivity index (χ1v) is 1.91. The Bertz CT molecular complexity index is 81.2. The van der Waals surface area contributed by atoms with Crippen LogP contribution in [0.5, 0.6) is 0 Å². The van der Waals surface area contributed by atoms with Gasteiger partial charge in [0.05, 0.1) is 0 Å². The predicted octanol–water partition coefficient (Wildman–Crippen LogP) is 2.62. The molecule has 0 aliphatic heterocycles. The molecular weight excluding hydrogens is 215 g/mol. The van der Waals surface area contributed by atoms with Crippen molar-refractivity contribution in [1.29, 1.82) is 0 Å². The normalized spacial score (nSPS) is 5.33. The van der Waals surface area contributed by atoms with Crippen molar-refractivity contribution >= 4 is 23.9 Å². The Hall–Kier alpha value is 0.0187. The van der Waals surface area contributed by atoms with Crippen molar-refractivity contribution in [3.8, 4) is 0 Å². The maximum absolute atomic E-state index is 2.89. The van der Waals surface area contributed by atoms with Gasteiger partial charge in [0, 0.05) is 25.3 Å². The van der Waals surface area contributed by atoms with E-state index in [1.165, 1.54) is 0 Å². The number of hydrogen-bond donors (Lipinski definition) is 0. The Morgan fingerprint density at radius 2 is 1.33 bits per heavy atom. The predicted molar refractivity (Wildman–Crippen MR) is 46.6 cm³/mol. The van der Waals surface area contributed by atoms with Gasteiger partial charge >= 0.3 is 0 Å². The molecule has 0 saturated heterocycles. The third kappa shape index (κ3) is 8.02. The first kappa shape index (κ1) is 16.0. The van der Waals surface area contributed by atoms with Gasteiger partial charge in [-0.15, -0.1) is 0 Å². The molecule has 0 nitrogen and oxygen atoms in total. The van der Waals surface area contributed by atoms with E-state index in [0.717, 1.165) is 0 Å². The fraction of sp³-hybridized carbons (Fsp3) is 0.250. The summed E-state index contributed by atoms with van der Waals surface area (Å²) >= 11 is 0. The van der Waals surface area contributed by atoms with E-state index in [2.05, 4.69) is 6.07 Å². The Balaban J connectivity index is -0.0000000450. The summed E-state index contributed by atoms with van der Waals surface area (Å²) in [6.07, 6.45) is 0. The smallest absolute Gasteiger partial charge is 0 e. The van der Waals surface area contributed by atoms with E-state index in [0.29, 0.717) is 0 Å². The molecule has 0 atom stereocenters. The molecule has 0 spiro atoms. The zero-order chi connectivity index (χ0) is 4.24. The Kier molecular flexibility index (Phi) is 19.4. The Morgan fingerprint density at radius 3 is 1.44 bits per heavy atom. The van der Waals surface area contributed by atoms with E-state index < -0.39 is 0 Å². The van der Waals surface area contributed by atoms with E-state index in [-0.39, 0.29) is 40.2 Å². The molecule has 0 unspecified atom stereocenters. The molecule has 1 rings (SSSR count). The van der Waals surface area contributed by atoms with Crippen LogP contribution in [-0.4, -0.2) is 23.9 Å². The Labute approximate surface area is 76.7 Å². The van der Waals surface area contributed by atoms with Crippen LogP contribution in [0, 0.1) is 6.07 Å². The number of benzene rings is 1. The third-order valence-electron chi connectivity index (χ3n) is 0.607. The summed E-state index contributed by atoms with van der Waals surface area (Å²) in [5.41, 5.74) is 0. The second-order valence-corrected chi connectivity index (χ2v) is 1.08. The average molecular weight is 230 g/mol. The van der Waals surface area contributed by atoms with Gasteiger partial charge in [0.1, 0.15) is 0 Å². The molecule has 0 heterocycles. The molecule has 1 heteroatoms. The van der Waals surface area contributed by atoms with Gasteiger partial charge in [0.25, 0.3) is 0 Å². The molecule has 0 aliphatic rings. The van der Waals surface area contributed by atoms with Crippen LogP contribution < -0.4 is 0 Å². The van der Waals surface area contributed by atoms with Crippen LogP contribution in [0.2, 0.25) is 0 Å². The van der Waals surface area contributed by atoms with Crippen LogP contribution in [0.3, 0.4) is 0 Å². The van der Waals surface area contributed by atoms with Crippen LogP contribution in [0.1, 0.15) is 16.3 Å². The summed E-state index contributed by atoms with van der Waals surface area (Å²) in [4.78, 5) is 0. The molecule has 0 N–H and O–H groups in total. The van der Waals surface area contributed by atoms with E-state index in [4.69, 9.17) is 0 Å². The molecule has 9 heavy (non-hydrogen) atoms. The van der Waals surface area contributed by atoms with E-state index in [1.807, 2.05) is 30.3 Å². The van der Waals surface area contributed by atoms with Gasteiger partial charge < -0.3 is 0 Å². The standard InChI is InChI=1S/C6H5.2CH4.Sn.H2/c1-2-4-6-5-3-1;;;;/h1-5H;2*1H4;;1H. The van der Waals surface area contributed by atoms with Crippen LogP contribution >= 0.6 is 0 Å². The molecular formula is C8H15Sn. The SMILES string of the molecule is C.C.[HH].[Sn].[c]1ccccc1. The molecule has 0 saturated carbocycles. The quantitative estimate of drug-likeness (QED) is 0.601. The van der Waals surface area contributed by atoms with Gasteiger partial charge in [0.15, 0.2) is 0 Å². The summed E-state index contributed by atoms with van der Waals surface area (Å²) < 4.78 is 0. The molecule has 1 aromatic carbocycles. The van der Waals surface area contributed by atoms with Gasteiger partial charge in [0.2, 0.25) is 0 Å². The summed E-state index contributed by atoms with van der Waals surface area (Å²) in [6, 6.07) is 12.5. The second-order valence-electron chi connectivity index (χ2n) is 1.08. The van der Waals surface area contributed by atoms with Gasteiger partial charge in [-0.3, -0.25) is 0 Å². The topological polar surface area (TPSA) is 0 Å². The van der Waals surface area contributed by atoms with Gasteiger partial charge in [-0.1, -0.05) is 45.2 Å². The van der Waals surface area contributed by atoms with E-state index in [1.54, 1.807) is 0 Å². The number of rotatable bonds is 0. The van der Waals surface area contributed by atoms with Crippen molar-refractivity contribution in [3.63, 3.8) is 0 Å². The van der Waals surface area contributed by atoms with Crippen molar-refractivity contribution < 1.29 is 1.43 Å². The van der Waals surface area contributed by atoms with Crippen LogP contribution in [0.15, 0.2) is 30.3 Å². The molecule has 0 aromatic heterocycles. The molecule has 5 radical (unpaired) electrons. The van der Waals surface area contributed by atoms with E-state index in [9.17, 15) is 0 Å². The fourth-order valence-corrected chi connectivity index (χ4v) is 0.342. The molecule has 51 valence electrons. The minimum atomic E-state index is 0. The van der Waals surface area contributed by atoms with Crippen LogP contribution in [-0.2, 0) is 0 Å². The molecule has 1 aromatic rings. The minimum absolute atomic E-state index is 0. The van der Waals surface area contributed by atoms with Crippen LogP contribution in [0.25, 0.3) is 0 Å². The maximum Gasteiger partial charge on any atom is 0 e. The van der Waals surface area contributed by atoms with Gasteiger partial charge in [-0.05, 0) is 6.07 Å². The zero-order valence-corrected chi connectivity index (χ0v) is 6.74.